The number of halogens is 1. The van der Waals surface area contributed by atoms with Crippen molar-refractivity contribution in [3.63, 3.8) is 0 Å². The number of esters is 1. The molecule has 0 spiro atoms. The van der Waals surface area contributed by atoms with E-state index in [0.29, 0.717) is 33.0 Å². The van der Waals surface area contributed by atoms with Crippen LogP contribution in [-0.4, -0.2) is 45.7 Å². The van der Waals surface area contributed by atoms with Gasteiger partial charge in [-0.25, -0.2) is 9.59 Å². The zero-order chi connectivity index (χ0) is 23.4. The minimum absolute atomic E-state index is 0.110. The van der Waals surface area contributed by atoms with Crippen molar-refractivity contribution in [2.45, 2.75) is 19.0 Å². The maximum Gasteiger partial charge on any atom is 0.337 e. The Morgan fingerprint density at radius 2 is 1.88 bits per heavy atom. The fourth-order valence-electron chi connectivity index (χ4n) is 3.28. The number of thioether (sulfide) groups is 1. The van der Waals surface area contributed by atoms with Crippen LogP contribution < -0.4 is 10.6 Å². The summed E-state index contributed by atoms with van der Waals surface area (Å²) in [5, 5.41) is 15.4. The predicted octanol–water partition coefficient (Wildman–Crippen LogP) is 4.12. The molecule has 0 fully saturated rings. The first-order valence-electron chi connectivity index (χ1n) is 10.3. The second-order valence-electron chi connectivity index (χ2n) is 7.26. The van der Waals surface area contributed by atoms with Gasteiger partial charge in [0.1, 0.15) is 0 Å². The smallest absolute Gasteiger partial charge is 0.337 e. The number of amides is 2. The molecular weight excluding hydrogens is 462 g/mol. The molecule has 10 heteroatoms. The van der Waals surface area contributed by atoms with Crippen molar-refractivity contribution in [3.05, 3.63) is 70.4 Å². The number of ether oxygens (including phenoxy) is 1. The summed E-state index contributed by atoms with van der Waals surface area (Å²) in [5.74, 6) is 0.523. The molecule has 2 aromatic carbocycles. The number of hydrogen-bond acceptors (Lipinski definition) is 6. The lowest BCUT2D eigenvalue weighted by atomic mass is 10.1. The maximum atomic E-state index is 12.3. The van der Waals surface area contributed by atoms with Crippen molar-refractivity contribution in [2.75, 3.05) is 18.9 Å². The molecule has 0 saturated heterocycles. The number of nitrogens with one attached hydrogen (secondary N) is 2. The van der Waals surface area contributed by atoms with E-state index in [2.05, 4.69) is 20.8 Å². The van der Waals surface area contributed by atoms with Crippen LogP contribution in [0.5, 0.6) is 0 Å². The Hall–Kier alpha value is -3.30. The third-order valence-corrected chi connectivity index (χ3v) is 6.16. The fraction of sp³-hybridized carbons (Fsp3) is 0.217. The number of urea groups is 1. The van der Waals surface area contributed by atoms with Gasteiger partial charge in [-0.3, -0.25) is 4.57 Å². The van der Waals surface area contributed by atoms with E-state index < -0.39 is 5.97 Å². The Kier molecular flexibility index (Phi) is 7.00. The number of benzene rings is 2. The van der Waals surface area contributed by atoms with Crippen LogP contribution in [0, 0.1) is 6.92 Å². The van der Waals surface area contributed by atoms with E-state index >= 15 is 0 Å². The van der Waals surface area contributed by atoms with E-state index in [0.717, 1.165) is 16.8 Å². The van der Waals surface area contributed by atoms with E-state index in [1.807, 2.05) is 47.9 Å². The summed E-state index contributed by atoms with van der Waals surface area (Å²) in [4.78, 5) is 24.2. The topological polar surface area (TPSA) is 98.1 Å². The molecular formula is C23H22ClN5O3S. The van der Waals surface area contributed by atoms with Gasteiger partial charge >= 0.3 is 12.0 Å². The van der Waals surface area contributed by atoms with Crippen molar-refractivity contribution in [2.24, 2.45) is 0 Å². The normalized spacial score (nSPS) is 13.5. The van der Waals surface area contributed by atoms with Gasteiger partial charge in [0.25, 0.3) is 0 Å². The van der Waals surface area contributed by atoms with Crippen LogP contribution in [0.1, 0.15) is 12.5 Å². The Balaban J connectivity index is 1.70. The summed E-state index contributed by atoms with van der Waals surface area (Å²) >= 11 is 7.45. The van der Waals surface area contributed by atoms with Crippen LogP contribution in [0.15, 0.2) is 65.0 Å². The molecule has 0 bridgehead atoms. The molecule has 0 atom stereocenters. The number of nitrogens with zero attached hydrogens (tertiary/aromatic N) is 3. The molecule has 8 nitrogen and oxygen atoms in total. The van der Waals surface area contributed by atoms with E-state index in [1.165, 1.54) is 11.8 Å². The first-order chi connectivity index (χ1) is 16.0. The summed E-state index contributed by atoms with van der Waals surface area (Å²) in [6.07, 6.45) is 0. The average molecular weight is 484 g/mol. The molecule has 1 aliphatic heterocycles. The van der Waals surface area contributed by atoms with Gasteiger partial charge < -0.3 is 15.4 Å². The molecule has 3 aromatic rings. The van der Waals surface area contributed by atoms with Crippen molar-refractivity contribution in [1.29, 1.82) is 0 Å². The van der Waals surface area contributed by atoms with E-state index in [-0.39, 0.29) is 19.2 Å². The minimum atomic E-state index is -0.458. The molecule has 4 rings (SSSR count). The highest BCUT2D eigenvalue weighted by Crippen LogP contribution is 2.30. The highest BCUT2D eigenvalue weighted by Gasteiger charge is 2.25. The Labute approximate surface area is 200 Å². The number of carbonyl (C=O) groups excluding carboxylic acids is 2. The van der Waals surface area contributed by atoms with Crippen LogP contribution in [0.25, 0.3) is 17.1 Å². The van der Waals surface area contributed by atoms with Gasteiger partial charge in [0.05, 0.1) is 18.7 Å². The quantitative estimate of drug-likeness (QED) is 0.387. The summed E-state index contributed by atoms with van der Waals surface area (Å²) in [6, 6.07) is 15.1. The molecule has 0 unspecified atom stereocenters. The number of hydrogen-bond donors (Lipinski definition) is 2. The van der Waals surface area contributed by atoms with Crippen molar-refractivity contribution >= 4 is 35.4 Å². The Bertz CT molecular complexity index is 1210. The highest BCUT2D eigenvalue weighted by molar-refractivity contribution is 7.99. The van der Waals surface area contributed by atoms with Crippen LogP contribution in [0.4, 0.5) is 4.79 Å². The predicted molar refractivity (Wildman–Crippen MR) is 127 cm³/mol. The summed E-state index contributed by atoms with van der Waals surface area (Å²) < 4.78 is 7.06. The van der Waals surface area contributed by atoms with Crippen LogP contribution in [0.3, 0.4) is 0 Å². The van der Waals surface area contributed by atoms with E-state index in [4.69, 9.17) is 16.3 Å². The van der Waals surface area contributed by atoms with E-state index in [1.54, 1.807) is 19.1 Å². The first kappa shape index (κ1) is 22.9. The maximum absolute atomic E-state index is 12.3. The highest BCUT2D eigenvalue weighted by atomic mass is 35.5. The van der Waals surface area contributed by atoms with Crippen LogP contribution >= 0.6 is 23.4 Å². The molecule has 0 aliphatic carbocycles. The third kappa shape index (κ3) is 5.20. The van der Waals surface area contributed by atoms with E-state index in [9.17, 15) is 9.59 Å². The Morgan fingerprint density at radius 1 is 1.15 bits per heavy atom. The van der Waals surface area contributed by atoms with Gasteiger partial charge in [0.15, 0.2) is 11.0 Å². The minimum Gasteiger partial charge on any atom is -0.463 e. The van der Waals surface area contributed by atoms with Gasteiger partial charge in [-0.1, -0.05) is 53.2 Å². The molecule has 2 amide bonds. The van der Waals surface area contributed by atoms with Gasteiger partial charge in [-0.2, -0.15) is 0 Å². The largest absolute Gasteiger partial charge is 0.463 e. The van der Waals surface area contributed by atoms with Crippen molar-refractivity contribution in [1.82, 2.24) is 25.4 Å². The molecule has 33 heavy (non-hydrogen) atoms. The van der Waals surface area contributed by atoms with Gasteiger partial charge in [-0.05, 0) is 38.1 Å². The number of aryl methyl sites for hydroxylation is 1. The van der Waals surface area contributed by atoms with Crippen molar-refractivity contribution < 1.29 is 14.3 Å². The fourth-order valence-corrected chi connectivity index (χ4v) is 4.35. The van der Waals surface area contributed by atoms with Gasteiger partial charge in [-0.15, -0.1) is 10.2 Å². The second-order valence-corrected chi connectivity index (χ2v) is 8.64. The van der Waals surface area contributed by atoms with Crippen LogP contribution in [-0.2, 0) is 9.53 Å². The van der Waals surface area contributed by atoms with Gasteiger partial charge in [0, 0.05) is 27.7 Å². The second kappa shape index (κ2) is 10.1. The zero-order valence-electron chi connectivity index (χ0n) is 18.1. The number of aromatic nitrogens is 3. The van der Waals surface area contributed by atoms with Gasteiger partial charge in [0.2, 0.25) is 0 Å². The van der Waals surface area contributed by atoms with Crippen LogP contribution in [0.2, 0.25) is 5.02 Å². The average Bonchev–Trinajstić information content (AvgIpc) is 3.23. The lowest BCUT2D eigenvalue weighted by Crippen LogP contribution is -2.44. The molecule has 0 saturated carbocycles. The number of carbonyl (C=O) groups is 2. The molecule has 2 heterocycles. The molecule has 1 aliphatic rings. The lowest BCUT2D eigenvalue weighted by molar-refractivity contribution is -0.138. The molecule has 0 radical (unpaired) electrons. The summed E-state index contributed by atoms with van der Waals surface area (Å²) in [7, 11) is 0. The SMILES string of the molecule is CCOC(=O)C1=C(CSc2nnc(-c3ccc(C)cc3)n2-c2ccc(Cl)cc2)NC(=O)NC1. The zero-order valence-corrected chi connectivity index (χ0v) is 19.7. The number of rotatable bonds is 7. The first-order valence-corrected chi connectivity index (χ1v) is 11.7. The summed E-state index contributed by atoms with van der Waals surface area (Å²) in [6.45, 7) is 4.13. The monoisotopic (exact) mass is 483 g/mol. The summed E-state index contributed by atoms with van der Waals surface area (Å²) in [5.41, 5.74) is 3.78. The molecule has 170 valence electrons. The third-order valence-electron chi connectivity index (χ3n) is 4.95. The lowest BCUT2D eigenvalue weighted by Gasteiger charge is -2.21. The standard InChI is InChI=1S/C23H22ClN5O3S/c1-3-32-21(30)18-12-25-22(31)26-19(18)13-33-23-28-27-20(15-6-4-14(2)5-7-15)29(23)17-10-8-16(24)9-11-17/h4-11H,3,12-13H2,1-2H3,(H2,25,26,31). The molecule has 2 N–H and O–H groups in total. The Morgan fingerprint density at radius 3 is 2.58 bits per heavy atom. The molecule has 1 aromatic heterocycles. The van der Waals surface area contributed by atoms with Crippen molar-refractivity contribution in [3.8, 4) is 17.1 Å².